The van der Waals surface area contributed by atoms with E-state index in [1.165, 1.54) is 17.7 Å². The van der Waals surface area contributed by atoms with Gasteiger partial charge in [-0.3, -0.25) is 0 Å². The fraction of sp³-hybridized carbons (Fsp3) is 0.636. The van der Waals surface area contributed by atoms with Gasteiger partial charge in [0.05, 0.1) is 0 Å². The molecule has 0 N–H and O–H groups in total. The van der Waals surface area contributed by atoms with Crippen LogP contribution in [0.1, 0.15) is 37.4 Å². The minimum absolute atomic E-state index is 0.588. The van der Waals surface area contributed by atoms with Gasteiger partial charge in [0.1, 0.15) is 11.0 Å². The van der Waals surface area contributed by atoms with Crippen LogP contribution in [-0.4, -0.2) is 9.97 Å². The Labute approximate surface area is 89.7 Å². The molecule has 2 rings (SSSR count). The van der Waals surface area contributed by atoms with Gasteiger partial charge in [-0.1, -0.05) is 25.4 Å². The molecular formula is C11H15ClN2. The van der Waals surface area contributed by atoms with E-state index in [1.807, 2.05) is 0 Å². The lowest BCUT2D eigenvalue weighted by atomic mass is 10.1. The molecule has 1 aliphatic rings. The largest absolute Gasteiger partial charge is 0.238 e. The van der Waals surface area contributed by atoms with Crippen molar-refractivity contribution >= 4 is 11.6 Å². The smallest absolute Gasteiger partial charge is 0.136 e. The zero-order valence-corrected chi connectivity index (χ0v) is 9.43. The maximum absolute atomic E-state index is 6.11. The lowest BCUT2D eigenvalue weighted by Gasteiger charge is -2.07. The van der Waals surface area contributed by atoms with Gasteiger partial charge in [-0.25, -0.2) is 9.97 Å². The third-order valence-electron chi connectivity index (χ3n) is 2.52. The molecule has 1 aliphatic carbocycles. The van der Waals surface area contributed by atoms with Crippen LogP contribution in [0.15, 0.2) is 0 Å². The van der Waals surface area contributed by atoms with Crippen molar-refractivity contribution in [1.82, 2.24) is 9.97 Å². The van der Waals surface area contributed by atoms with E-state index in [2.05, 4.69) is 23.8 Å². The summed E-state index contributed by atoms with van der Waals surface area (Å²) in [4.78, 5) is 8.90. The number of halogens is 1. The SMILES string of the molecule is CC(C)Cc1nc(Cl)c2c(n1)CCC2. The summed E-state index contributed by atoms with van der Waals surface area (Å²) in [5, 5.41) is 0.683. The summed E-state index contributed by atoms with van der Waals surface area (Å²) in [6.07, 6.45) is 4.22. The molecule has 0 fully saturated rings. The van der Waals surface area contributed by atoms with Crippen LogP contribution in [0.3, 0.4) is 0 Å². The molecule has 76 valence electrons. The molecule has 1 heterocycles. The van der Waals surface area contributed by atoms with E-state index in [0.29, 0.717) is 11.1 Å². The predicted octanol–water partition coefficient (Wildman–Crippen LogP) is 2.82. The number of aromatic nitrogens is 2. The van der Waals surface area contributed by atoms with Gasteiger partial charge in [0, 0.05) is 17.7 Å². The molecule has 0 spiro atoms. The Hall–Kier alpha value is -0.630. The van der Waals surface area contributed by atoms with Crippen molar-refractivity contribution in [2.24, 2.45) is 5.92 Å². The van der Waals surface area contributed by atoms with Gasteiger partial charge >= 0.3 is 0 Å². The average molecular weight is 211 g/mol. The summed E-state index contributed by atoms with van der Waals surface area (Å²) in [5.41, 5.74) is 2.36. The highest BCUT2D eigenvalue weighted by Crippen LogP contribution is 2.26. The maximum Gasteiger partial charge on any atom is 0.136 e. The van der Waals surface area contributed by atoms with Crippen LogP contribution in [0.2, 0.25) is 5.15 Å². The van der Waals surface area contributed by atoms with Gasteiger partial charge in [-0.05, 0) is 25.2 Å². The summed E-state index contributed by atoms with van der Waals surface area (Å²) >= 11 is 6.11. The van der Waals surface area contributed by atoms with Crippen LogP contribution < -0.4 is 0 Å². The zero-order valence-electron chi connectivity index (χ0n) is 8.68. The van der Waals surface area contributed by atoms with Crippen molar-refractivity contribution in [3.8, 4) is 0 Å². The van der Waals surface area contributed by atoms with Gasteiger partial charge < -0.3 is 0 Å². The molecule has 0 unspecified atom stereocenters. The minimum atomic E-state index is 0.588. The molecule has 3 heteroatoms. The molecule has 14 heavy (non-hydrogen) atoms. The molecule has 0 aliphatic heterocycles. The fourth-order valence-corrected chi connectivity index (χ4v) is 2.19. The highest BCUT2D eigenvalue weighted by molar-refractivity contribution is 6.30. The molecule has 0 atom stereocenters. The van der Waals surface area contributed by atoms with Crippen LogP contribution in [0.5, 0.6) is 0 Å². The maximum atomic E-state index is 6.11. The third kappa shape index (κ3) is 1.90. The van der Waals surface area contributed by atoms with E-state index in [9.17, 15) is 0 Å². The van der Waals surface area contributed by atoms with Gasteiger partial charge in [-0.15, -0.1) is 0 Å². The van der Waals surface area contributed by atoms with Crippen LogP contribution >= 0.6 is 11.6 Å². The summed E-state index contributed by atoms with van der Waals surface area (Å²) < 4.78 is 0. The molecule has 0 saturated heterocycles. The number of rotatable bonds is 2. The zero-order chi connectivity index (χ0) is 10.1. The molecule has 0 amide bonds. The van der Waals surface area contributed by atoms with Gasteiger partial charge in [0.2, 0.25) is 0 Å². The monoisotopic (exact) mass is 210 g/mol. The number of hydrogen-bond acceptors (Lipinski definition) is 2. The molecule has 0 saturated carbocycles. The highest BCUT2D eigenvalue weighted by Gasteiger charge is 2.18. The summed E-state index contributed by atoms with van der Waals surface area (Å²) in [6, 6.07) is 0. The number of fused-ring (bicyclic) bond motifs is 1. The first-order chi connectivity index (χ1) is 6.66. The predicted molar refractivity (Wildman–Crippen MR) is 57.6 cm³/mol. The Balaban J connectivity index is 2.32. The third-order valence-corrected chi connectivity index (χ3v) is 2.83. The highest BCUT2D eigenvalue weighted by atomic mass is 35.5. The van der Waals surface area contributed by atoms with Crippen molar-refractivity contribution in [1.29, 1.82) is 0 Å². The first kappa shape index (κ1) is 9.91. The van der Waals surface area contributed by atoms with Crippen LogP contribution in [0, 0.1) is 5.92 Å². The van der Waals surface area contributed by atoms with Gasteiger partial charge in [0.25, 0.3) is 0 Å². The van der Waals surface area contributed by atoms with Crippen molar-refractivity contribution in [2.45, 2.75) is 39.5 Å². The first-order valence-electron chi connectivity index (χ1n) is 5.21. The van der Waals surface area contributed by atoms with Crippen LogP contribution in [0.4, 0.5) is 0 Å². The molecule has 1 aromatic heterocycles. The lowest BCUT2D eigenvalue weighted by molar-refractivity contribution is 0.618. The Morgan fingerprint density at radius 3 is 2.79 bits per heavy atom. The number of hydrogen-bond donors (Lipinski definition) is 0. The van der Waals surface area contributed by atoms with Gasteiger partial charge in [0.15, 0.2) is 0 Å². The van der Waals surface area contributed by atoms with E-state index in [-0.39, 0.29) is 0 Å². The number of nitrogens with zero attached hydrogens (tertiary/aromatic N) is 2. The molecule has 0 radical (unpaired) electrons. The first-order valence-corrected chi connectivity index (χ1v) is 5.58. The summed E-state index contributed by atoms with van der Waals surface area (Å²) in [6.45, 7) is 4.34. The van der Waals surface area contributed by atoms with E-state index >= 15 is 0 Å². The van der Waals surface area contributed by atoms with Crippen molar-refractivity contribution in [3.63, 3.8) is 0 Å². The second-order valence-electron chi connectivity index (χ2n) is 4.31. The second kappa shape index (κ2) is 3.85. The second-order valence-corrected chi connectivity index (χ2v) is 4.67. The lowest BCUT2D eigenvalue weighted by Crippen LogP contribution is -2.04. The van der Waals surface area contributed by atoms with Crippen LogP contribution in [0.25, 0.3) is 0 Å². The molecular weight excluding hydrogens is 196 g/mol. The Morgan fingerprint density at radius 2 is 2.07 bits per heavy atom. The van der Waals surface area contributed by atoms with Crippen molar-refractivity contribution < 1.29 is 0 Å². The average Bonchev–Trinajstić information content (AvgIpc) is 2.50. The fourth-order valence-electron chi connectivity index (χ4n) is 1.89. The minimum Gasteiger partial charge on any atom is -0.238 e. The molecule has 1 aromatic rings. The van der Waals surface area contributed by atoms with E-state index in [4.69, 9.17) is 11.6 Å². The van der Waals surface area contributed by atoms with Crippen molar-refractivity contribution in [2.75, 3.05) is 0 Å². The Bertz CT molecular complexity index is 347. The Morgan fingerprint density at radius 1 is 1.29 bits per heavy atom. The summed E-state index contributed by atoms with van der Waals surface area (Å²) in [5.74, 6) is 1.50. The normalized spacial score (nSPS) is 14.9. The standard InChI is InChI=1S/C11H15ClN2/c1-7(2)6-10-13-9-5-3-4-8(9)11(12)14-10/h7H,3-6H2,1-2H3. The van der Waals surface area contributed by atoms with Crippen LogP contribution in [-0.2, 0) is 19.3 Å². The quantitative estimate of drug-likeness (QED) is 0.702. The van der Waals surface area contributed by atoms with Crippen molar-refractivity contribution in [3.05, 3.63) is 22.2 Å². The number of aryl methyl sites for hydroxylation is 1. The molecule has 0 bridgehead atoms. The summed E-state index contributed by atoms with van der Waals surface area (Å²) in [7, 11) is 0. The van der Waals surface area contributed by atoms with E-state index < -0.39 is 0 Å². The molecule has 2 nitrogen and oxygen atoms in total. The topological polar surface area (TPSA) is 25.8 Å². The Kier molecular flexibility index (Phi) is 2.73. The van der Waals surface area contributed by atoms with E-state index in [1.54, 1.807) is 0 Å². The van der Waals surface area contributed by atoms with Gasteiger partial charge in [-0.2, -0.15) is 0 Å². The van der Waals surface area contributed by atoms with E-state index in [0.717, 1.165) is 25.1 Å². The molecule has 0 aromatic carbocycles.